The van der Waals surface area contributed by atoms with Crippen LogP contribution >= 0.6 is 11.8 Å². The lowest BCUT2D eigenvalue weighted by atomic mass is 10.0. The van der Waals surface area contributed by atoms with E-state index < -0.39 is 0 Å². The van der Waals surface area contributed by atoms with Crippen LogP contribution in [0.4, 0.5) is 0 Å². The molecule has 112 valence electrons. The monoisotopic (exact) mass is 296 g/mol. The molecule has 2 unspecified atom stereocenters. The number of pyridine rings is 1. The lowest BCUT2D eigenvalue weighted by Crippen LogP contribution is -2.38. The van der Waals surface area contributed by atoms with Gasteiger partial charge in [0.25, 0.3) is 5.91 Å². The zero-order valence-electron chi connectivity index (χ0n) is 12.8. The van der Waals surface area contributed by atoms with Crippen LogP contribution in [-0.4, -0.2) is 33.4 Å². The second kappa shape index (κ2) is 7.09. The van der Waals surface area contributed by atoms with E-state index in [4.69, 9.17) is 5.11 Å². The van der Waals surface area contributed by atoms with E-state index in [1.165, 1.54) is 0 Å². The molecule has 0 aliphatic rings. The Morgan fingerprint density at radius 3 is 2.65 bits per heavy atom. The molecular weight excluding hydrogens is 272 g/mol. The molecule has 0 saturated carbocycles. The molecule has 0 radical (unpaired) electrons. The fraction of sp³-hybridized carbons (Fsp3) is 0.600. The SMILES string of the molecule is CC(CO)C(C)NC(=O)c1ccnc(SC(C)(C)C)c1. The normalized spacial score (nSPS) is 14.7. The lowest BCUT2D eigenvalue weighted by Gasteiger charge is -2.20. The summed E-state index contributed by atoms with van der Waals surface area (Å²) in [5, 5.41) is 12.8. The van der Waals surface area contributed by atoms with Crippen molar-refractivity contribution in [3.8, 4) is 0 Å². The number of carbonyl (C=O) groups excluding carboxylic acids is 1. The highest BCUT2D eigenvalue weighted by Gasteiger charge is 2.17. The first kappa shape index (κ1) is 17.0. The quantitative estimate of drug-likeness (QED) is 0.820. The number of nitrogens with one attached hydrogen (secondary N) is 1. The summed E-state index contributed by atoms with van der Waals surface area (Å²) in [6.07, 6.45) is 1.66. The lowest BCUT2D eigenvalue weighted by molar-refractivity contribution is 0.0916. The van der Waals surface area contributed by atoms with E-state index in [1.807, 2.05) is 19.9 Å². The van der Waals surface area contributed by atoms with Crippen molar-refractivity contribution in [2.75, 3.05) is 6.61 Å². The van der Waals surface area contributed by atoms with Gasteiger partial charge >= 0.3 is 0 Å². The van der Waals surface area contributed by atoms with E-state index in [2.05, 4.69) is 31.1 Å². The zero-order valence-corrected chi connectivity index (χ0v) is 13.6. The molecule has 0 spiro atoms. The molecule has 0 bridgehead atoms. The number of hydrogen-bond donors (Lipinski definition) is 2. The Labute approximate surface area is 125 Å². The number of amides is 1. The second-order valence-electron chi connectivity index (χ2n) is 6.02. The highest BCUT2D eigenvalue weighted by molar-refractivity contribution is 8.00. The highest BCUT2D eigenvalue weighted by atomic mass is 32.2. The fourth-order valence-corrected chi connectivity index (χ4v) is 2.44. The molecule has 5 heteroatoms. The van der Waals surface area contributed by atoms with Crippen molar-refractivity contribution in [3.63, 3.8) is 0 Å². The van der Waals surface area contributed by atoms with Crippen LogP contribution < -0.4 is 5.32 Å². The predicted molar refractivity (Wildman–Crippen MR) is 83.0 cm³/mol. The van der Waals surface area contributed by atoms with Crippen LogP contribution in [0.3, 0.4) is 0 Å². The minimum absolute atomic E-state index is 0.0317. The number of aliphatic hydroxyl groups is 1. The van der Waals surface area contributed by atoms with E-state index in [-0.39, 0.29) is 29.2 Å². The van der Waals surface area contributed by atoms with Crippen LogP contribution in [-0.2, 0) is 0 Å². The van der Waals surface area contributed by atoms with Crippen LogP contribution in [0.15, 0.2) is 23.4 Å². The Morgan fingerprint density at radius 1 is 1.45 bits per heavy atom. The molecule has 0 fully saturated rings. The smallest absolute Gasteiger partial charge is 0.251 e. The summed E-state index contributed by atoms with van der Waals surface area (Å²) in [5.41, 5.74) is 0.601. The van der Waals surface area contributed by atoms with Gasteiger partial charge in [0.1, 0.15) is 0 Å². The first-order valence-corrected chi connectivity index (χ1v) is 7.61. The van der Waals surface area contributed by atoms with Gasteiger partial charge in [-0.1, -0.05) is 27.7 Å². The largest absolute Gasteiger partial charge is 0.396 e. The maximum Gasteiger partial charge on any atom is 0.251 e. The van der Waals surface area contributed by atoms with Crippen LogP contribution in [0.2, 0.25) is 0 Å². The average molecular weight is 296 g/mol. The van der Waals surface area contributed by atoms with Gasteiger partial charge in [-0.2, -0.15) is 0 Å². The van der Waals surface area contributed by atoms with Crippen molar-refractivity contribution in [1.29, 1.82) is 0 Å². The molecule has 1 aromatic heterocycles. The van der Waals surface area contributed by atoms with E-state index >= 15 is 0 Å². The first-order chi connectivity index (χ1) is 9.23. The van der Waals surface area contributed by atoms with Crippen molar-refractivity contribution in [2.45, 2.75) is 50.4 Å². The summed E-state index contributed by atoms with van der Waals surface area (Å²) >= 11 is 1.63. The number of rotatable bonds is 5. The molecular formula is C15H24N2O2S. The maximum absolute atomic E-state index is 12.2. The van der Waals surface area contributed by atoms with E-state index in [1.54, 1.807) is 24.0 Å². The Kier molecular flexibility index (Phi) is 6.02. The minimum Gasteiger partial charge on any atom is -0.396 e. The van der Waals surface area contributed by atoms with Crippen molar-refractivity contribution in [3.05, 3.63) is 23.9 Å². The van der Waals surface area contributed by atoms with Crippen molar-refractivity contribution in [1.82, 2.24) is 10.3 Å². The number of thioether (sulfide) groups is 1. The summed E-state index contributed by atoms with van der Waals surface area (Å²) in [4.78, 5) is 16.4. The topological polar surface area (TPSA) is 62.2 Å². The van der Waals surface area contributed by atoms with Gasteiger partial charge in [-0.25, -0.2) is 4.98 Å². The minimum atomic E-state index is -0.129. The third-order valence-electron chi connectivity index (χ3n) is 2.91. The first-order valence-electron chi connectivity index (χ1n) is 6.79. The molecule has 0 aromatic carbocycles. The van der Waals surface area contributed by atoms with Gasteiger partial charge in [0.05, 0.1) is 5.03 Å². The Morgan fingerprint density at radius 2 is 2.10 bits per heavy atom. The molecule has 1 heterocycles. The van der Waals surface area contributed by atoms with Crippen LogP contribution in [0.5, 0.6) is 0 Å². The summed E-state index contributed by atoms with van der Waals surface area (Å²) in [6.45, 7) is 10.2. The molecule has 0 aliphatic carbocycles. The van der Waals surface area contributed by atoms with Gasteiger partial charge in [-0.15, -0.1) is 11.8 Å². The second-order valence-corrected chi connectivity index (χ2v) is 7.87. The summed E-state index contributed by atoms with van der Waals surface area (Å²) in [7, 11) is 0. The zero-order chi connectivity index (χ0) is 15.3. The standard InChI is InChI=1S/C15H24N2O2S/c1-10(9-18)11(2)17-14(19)12-6-7-16-13(8-12)20-15(3,4)5/h6-8,10-11,18H,9H2,1-5H3,(H,17,19). The predicted octanol–water partition coefficient (Wildman–Crippen LogP) is 2.72. The molecule has 1 amide bonds. The number of nitrogens with zero attached hydrogens (tertiary/aromatic N) is 1. The van der Waals surface area contributed by atoms with Gasteiger partial charge in [0.2, 0.25) is 0 Å². The van der Waals surface area contributed by atoms with E-state index in [0.717, 1.165) is 5.03 Å². The molecule has 1 rings (SSSR count). The summed E-state index contributed by atoms with van der Waals surface area (Å²) in [5.74, 6) is -0.0971. The summed E-state index contributed by atoms with van der Waals surface area (Å²) in [6, 6.07) is 3.44. The van der Waals surface area contributed by atoms with E-state index in [0.29, 0.717) is 5.56 Å². The van der Waals surface area contributed by atoms with Crippen LogP contribution in [0, 0.1) is 5.92 Å². The number of hydrogen-bond acceptors (Lipinski definition) is 4. The van der Waals surface area contributed by atoms with Gasteiger partial charge in [-0.05, 0) is 25.0 Å². The molecule has 4 nitrogen and oxygen atoms in total. The van der Waals surface area contributed by atoms with Gasteiger partial charge in [-0.3, -0.25) is 4.79 Å². The van der Waals surface area contributed by atoms with Gasteiger partial charge in [0, 0.05) is 29.2 Å². The third kappa shape index (κ3) is 5.51. The number of aliphatic hydroxyl groups excluding tert-OH is 1. The molecule has 20 heavy (non-hydrogen) atoms. The Bertz CT molecular complexity index is 457. The van der Waals surface area contributed by atoms with Crippen molar-refractivity contribution >= 4 is 17.7 Å². The fourth-order valence-electron chi connectivity index (χ4n) is 1.51. The molecule has 0 aliphatic heterocycles. The molecule has 0 saturated heterocycles. The Hall–Kier alpha value is -1.07. The maximum atomic E-state index is 12.2. The Balaban J connectivity index is 2.76. The number of aromatic nitrogens is 1. The molecule has 2 atom stereocenters. The van der Waals surface area contributed by atoms with Crippen molar-refractivity contribution in [2.24, 2.45) is 5.92 Å². The highest BCUT2D eigenvalue weighted by Crippen LogP contribution is 2.30. The molecule has 2 N–H and O–H groups in total. The van der Waals surface area contributed by atoms with Crippen LogP contribution in [0.1, 0.15) is 45.0 Å². The number of carbonyl (C=O) groups is 1. The third-order valence-corrected chi connectivity index (χ3v) is 3.95. The van der Waals surface area contributed by atoms with Gasteiger partial charge in [0.15, 0.2) is 0 Å². The van der Waals surface area contributed by atoms with E-state index in [9.17, 15) is 4.79 Å². The van der Waals surface area contributed by atoms with Crippen molar-refractivity contribution < 1.29 is 9.90 Å². The molecule has 1 aromatic rings. The van der Waals surface area contributed by atoms with Gasteiger partial charge < -0.3 is 10.4 Å². The average Bonchev–Trinajstić information content (AvgIpc) is 2.35. The van der Waals surface area contributed by atoms with Crippen LogP contribution in [0.25, 0.3) is 0 Å². The summed E-state index contributed by atoms with van der Waals surface area (Å²) < 4.78 is 0.0563.